The lowest BCUT2D eigenvalue weighted by Crippen LogP contribution is -2.13. The van der Waals surface area contributed by atoms with Gasteiger partial charge < -0.3 is 9.88 Å². The molecular formula is C14H13ClN5OP. The van der Waals surface area contributed by atoms with E-state index in [-0.39, 0.29) is 5.28 Å². The predicted octanol–water partition coefficient (Wildman–Crippen LogP) is 3.06. The molecule has 0 spiro atoms. The lowest BCUT2D eigenvalue weighted by molar-refractivity contribution is 0.588. The summed E-state index contributed by atoms with van der Waals surface area (Å²) >= 11 is 5.80. The molecule has 0 bridgehead atoms. The number of fused-ring (bicyclic) bond motifs is 1. The van der Waals surface area contributed by atoms with Crippen molar-refractivity contribution >= 4 is 46.6 Å². The molecule has 112 valence electrons. The Kier molecular flexibility index (Phi) is 3.81. The summed E-state index contributed by atoms with van der Waals surface area (Å²) in [5.74, 6) is 0.526. The molecule has 0 saturated heterocycles. The Morgan fingerprint density at radius 2 is 1.82 bits per heavy atom. The zero-order valence-electron chi connectivity index (χ0n) is 12.0. The number of hydrogen-bond acceptors (Lipinski definition) is 6. The Morgan fingerprint density at radius 1 is 1.05 bits per heavy atom. The van der Waals surface area contributed by atoms with Crippen LogP contribution in [-0.4, -0.2) is 33.3 Å². The molecule has 2 aromatic heterocycles. The smallest absolute Gasteiger partial charge is 0.224 e. The number of nitrogens with zero attached hydrogens (tertiary/aromatic N) is 4. The molecular weight excluding hydrogens is 321 g/mol. The van der Waals surface area contributed by atoms with Crippen molar-refractivity contribution < 1.29 is 4.57 Å². The first-order valence-corrected chi connectivity index (χ1v) is 9.48. The van der Waals surface area contributed by atoms with E-state index in [4.69, 9.17) is 11.6 Å². The lowest BCUT2D eigenvalue weighted by atomic mass is 10.2. The molecule has 3 aromatic rings. The van der Waals surface area contributed by atoms with Crippen LogP contribution >= 0.6 is 18.7 Å². The maximum Gasteiger partial charge on any atom is 0.224 e. The molecule has 0 aliphatic rings. The van der Waals surface area contributed by atoms with Crippen molar-refractivity contribution in [3.63, 3.8) is 0 Å². The van der Waals surface area contributed by atoms with Crippen molar-refractivity contribution in [2.45, 2.75) is 0 Å². The fourth-order valence-corrected chi connectivity index (χ4v) is 3.75. The van der Waals surface area contributed by atoms with Crippen molar-refractivity contribution in [2.24, 2.45) is 0 Å². The fourth-order valence-electron chi connectivity index (χ4n) is 2.21. The number of nitrogens with one attached hydrogen (secondary N) is 1. The average molecular weight is 334 g/mol. The number of hydrogen-bond donors (Lipinski definition) is 1. The van der Waals surface area contributed by atoms with Crippen molar-refractivity contribution in [1.29, 1.82) is 0 Å². The Morgan fingerprint density at radius 3 is 2.55 bits per heavy atom. The van der Waals surface area contributed by atoms with Gasteiger partial charge in [-0.1, -0.05) is 0 Å². The minimum absolute atomic E-state index is 0.142. The van der Waals surface area contributed by atoms with E-state index in [1.165, 1.54) is 0 Å². The van der Waals surface area contributed by atoms with E-state index >= 15 is 0 Å². The summed E-state index contributed by atoms with van der Waals surface area (Å²) in [4.78, 5) is 16.5. The normalized spacial score (nSPS) is 11.6. The van der Waals surface area contributed by atoms with Crippen molar-refractivity contribution in [3.05, 3.63) is 42.1 Å². The highest BCUT2D eigenvalue weighted by Gasteiger charge is 2.21. The Balaban J connectivity index is 2.19. The fraction of sp³-hybridized carbons (Fsp3) is 0.143. The Labute approximate surface area is 132 Å². The van der Waals surface area contributed by atoms with E-state index < -0.39 is 7.14 Å². The largest absolute Gasteiger partial charge is 0.339 e. The van der Waals surface area contributed by atoms with E-state index in [1.807, 2.05) is 12.1 Å². The predicted molar refractivity (Wildman–Crippen MR) is 89.0 cm³/mol. The summed E-state index contributed by atoms with van der Waals surface area (Å²) in [6.07, 6.45) is 4.75. The van der Waals surface area contributed by atoms with Gasteiger partial charge in [0.2, 0.25) is 5.28 Å². The lowest BCUT2D eigenvalue weighted by Gasteiger charge is -2.16. The van der Waals surface area contributed by atoms with Crippen molar-refractivity contribution in [1.82, 2.24) is 19.9 Å². The van der Waals surface area contributed by atoms with Gasteiger partial charge in [-0.25, -0.2) is 9.97 Å². The monoisotopic (exact) mass is 333 g/mol. The first kappa shape index (κ1) is 14.9. The number of anilines is 2. The third kappa shape index (κ3) is 2.93. The molecule has 3 rings (SSSR count). The highest BCUT2D eigenvalue weighted by molar-refractivity contribution is 7.71. The summed E-state index contributed by atoms with van der Waals surface area (Å²) in [5, 5.41) is 3.92. The van der Waals surface area contributed by atoms with Crippen LogP contribution in [0.15, 0.2) is 36.8 Å². The minimum Gasteiger partial charge on any atom is -0.339 e. The second-order valence-corrected chi connectivity index (χ2v) is 8.56. The average Bonchev–Trinajstić information content (AvgIpc) is 2.45. The summed E-state index contributed by atoms with van der Waals surface area (Å²) in [5.41, 5.74) is 2.00. The van der Waals surface area contributed by atoms with Gasteiger partial charge in [0, 0.05) is 18.6 Å². The molecule has 8 heteroatoms. The SMILES string of the molecule is CP(C)(=O)c1c(Nc2ccnc(Cl)n2)ccc2nccnc12. The van der Waals surface area contributed by atoms with Crippen LogP contribution in [0.3, 0.4) is 0 Å². The van der Waals surface area contributed by atoms with Gasteiger partial charge in [-0.05, 0) is 43.1 Å². The molecule has 0 aliphatic carbocycles. The molecule has 2 heterocycles. The summed E-state index contributed by atoms with van der Waals surface area (Å²) < 4.78 is 12.7. The quantitative estimate of drug-likeness (QED) is 0.586. The topological polar surface area (TPSA) is 80.7 Å². The molecule has 1 aromatic carbocycles. The van der Waals surface area contributed by atoms with Crippen LogP contribution in [0.4, 0.5) is 11.5 Å². The van der Waals surface area contributed by atoms with Crippen LogP contribution in [0, 0.1) is 0 Å². The summed E-state index contributed by atoms with van der Waals surface area (Å²) in [7, 11) is -2.59. The number of benzene rings is 1. The van der Waals surface area contributed by atoms with Gasteiger partial charge in [0.05, 0.1) is 16.5 Å². The maximum atomic E-state index is 12.7. The zero-order chi connectivity index (χ0) is 15.7. The molecule has 0 amide bonds. The van der Waals surface area contributed by atoms with Gasteiger partial charge in [0.15, 0.2) is 0 Å². The molecule has 1 N–H and O–H groups in total. The minimum atomic E-state index is -2.59. The molecule has 0 atom stereocenters. The first-order valence-electron chi connectivity index (χ1n) is 6.50. The summed E-state index contributed by atoms with van der Waals surface area (Å²) in [6, 6.07) is 5.33. The Hall–Kier alpha value is -2.04. The molecule has 0 radical (unpaired) electrons. The Bertz CT molecular complexity index is 895. The van der Waals surface area contributed by atoms with Gasteiger partial charge >= 0.3 is 0 Å². The number of aromatic nitrogens is 4. The number of halogens is 1. The van der Waals surface area contributed by atoms with Gasteiger partial charge in [0.1, 0.15) is 18.5 Å². The molecule has 0 fully saturated rings. The van der Waals surface area contributed by atoms with E-state index in [0.717, 1.165) is 0 Å². The van der Waals surface area contributed by atoms with E-state index in [0.29, 0.717) is 27.8 Å². The number of rotatable bonds is 3. The van der Waals surface area contributed by atoms with Crippen LogP contribution < -0.4 is 10.6 Å². The van der Waals surface area contributed by atoms with Crippen LogP contribution in [0.5, 0.6) is 0 Å². The highest BCUT2D eigenvalue weighted by atomic mass is 35.5. The van der Waals surface area contributed by atoms with Gasteiger partial charge in [-0.3, -0.25) is 9.97 Å². The van der Waals surface area contributed by atoms with Gasteiger partial charge in [-0.15, -0.1) is 0 Å². The second kappa shape index (κ2) is 5.63. The molecule has 0 unspecified atom stereocenters. The zero-order valence-corrected chi connectivity index (χ0v) is 13.6. The molecule has 22 heavy (non-hydrogen) atoms. The van der Waals surface area contributed by atoms with Crippen molar-refractivity contribution in [3.8, 4) is 0 Å². The first-order chi connectivity index (χ1) is 10.4. The van der Waals surface area contributed by atoms with Crippen molar-refractivity contribution in [2.75, 3.05) is 18.6 Å². The molecule has 0 aliphatic heterocycles. The van der Waals surface area contributed by atoms with Gasteiger partial charge in [-0.2, -0.15) is 0 Å². The van der Waals surface area contributed by atoms with Crippen LogP contribution in [0.25, 0.3) is 11.0 Å². The van der Waals surface area contributed by atoms with E-state index in [9.17, 15) is 4.57 Å². The van der Waals surface area contributed by atoms with Crippen LogP contribution in [0.1, 0.15) is 0 Å². The second-order valence-electron chi connectivity index (χ2n) is 5.07. The maximum absolute atomic E-state index is 12.7. The third-order valence-corrected chi connectivity index (χ3v) is 4.75. The van der Waals surface area contributed by atoms with Crippen LogP contribution in [-0.2, 0) is 4.57 Å². The standard InChI is InChI=1S/C14H13ClN5OP/c1-22(2,21)13-10(19-11-5-6-18-14(15)20-11)4-3-9-12(13)17-8-7-16-9/h3-8H,1-2H3,(H,18,19,20). The highest BCUT2D eigenvalue weighted by Crippen LogP contribution is 2.40. The van der Waals surface area contributed by atoms with E-state index in [1.54, 1.807) is 38.0 Å². The van der Waals surface area contributed by atoms with Gasteiger partial charge in [0.25, 0.3) is 0 Å². The van der Waals surface area contributed by atoms with Crippen LogP contribution in [0.2, 0.25) is 5.28 Å². The third-order valence-electron chi connectivity index (χ3n) is 3.04. The molecule has 6 nitrogen and oxygen atoms in total. The summed E-state index contributed by atoms with van der Waals surface area (Å²) in [6.45, 7) is 3.41. The molecule has 0 saturated carbocycles. The van der Waals surface area contributed by atoms with E-state index in [2.05, 4.69) is 25.3 Å².